The maximum atomic E-state index is 13.7. The van der Waals surface area contributed by atoms with Gasteiger partial charge in [0, 0.05) is 0 Å². The Morgan fingerprint density at radius 3 is 1.95 bits per heavy atom. The number of rotatable bonds is 12. The molecule has 0 saturated carbocycles. The van der Waals surface area contributed by atoms with E-state index in [-0.39, 0.29) is 30.4 Å². The standard InChI is InChI=1S/C34H35NO4S2Se/c1-26-15-19-29(20-16-26)40(36,37)25-32(42-31-11-4-3-5-12-31)13-8-9-23-35-33-14-7-6-10-28(33)24-34(35)41(38,39)30-21-17-27(2)18-22-30/h3-7,10-12,14-22,24,32H,8-9,13,23,25H2,1-2H3. The minimum atomic E-state index is -3.71. The van der Waals surface area contributed by atoms with Gasteiger partial charge in [-0.05, 0) is 6.92 Å². The molecule has 1 heterocycles. The van der Waals surface area contributed by atoms with Crippen LogP contribution in [0.5, 0.6) is 0 Å². The van der Waals surface area contributed by atoms with E-state index in [0.717, 1.165) is 41.3 Å². The molecular weight excluding hydrogens is 629 g/mol. The van der Waals surface area contributed by atoms with Gasteiger partial charge in [-0.2, -0.15) is 0 Å². The van der Waals surface area contributed by atoms with Gasteiger partial charge in [0.05, 0.1) is 0 Å². The van der Waals surface area contributed by atoms with E-state index in [1.54, 1.807) is 30.3 Å². The summed E-state index contributed by atoms with van der Waals surface area (Å²) in [5.41, 5.74) is 2.92. The second-order valence-corrected chi connectivity index (χ2v) is 17.5. The van der Waals surface area contributed by atoms with Gasteiger partial charge in [-0.15, -0.1) is 0 Å². The Morgan fingerprint density at radius 1 is 0.690 bits per heavy atom. The Balaban J connectivity index is 1.35. The van der Waals surface area contributed by atoms with Gasteiger partial charge in [0.25, 0.3) is 0 Å². The van der Waals surface area contributed by atoms with Crippen molar-refractivity contribution in [2.45, 2.75) is 59.3 Å². The summed E-state index contributed by atoms with van der Waals surface area (Å²) in [5.74, 6) is 0.102. The molecule has 1 unspecified atom stereocenters. The number of unbranched alkanes of at least 4 members (excludes halogenated alkanes) is 1. The normalized spacial score (nSPS) is 12.9. The molecule has 1 atom stereocenters. The first kappa shape index (κ1) is 30.3. The fourth-order valence-corrected chi connectivity index (χ4v) is 11.7. The fraction of sp³-hybridized carbons (Fsp3) is 0.235. The number of hydrogen-bond donors (Lipinski definition) is 0. The molecule has 5 aromatic rings. The molecule has 0 radical (unpaired) electrons. The molecule has 0 aliphatic rings. The van der Waals surface area contributed by atoms with Crippen LogP contribution in [0.1, 0.15) is 30.4 Å². The van der Waals surface area contributed by atoms with Crippen LogP contribution in [0.3, 0.4) is 0 Å². The number of hydrogen-bond acceptors (Lipinski definition) is 4. The molecule has 0 saturated heterocycles. The Hall–Kier alpha value is -3.16. The summed E-state index contributed by atoms with van der Waals surface area (Å²) in [7, 11) is -7.15. The number of aryl methyl sites for hydroxylation is 3. The number of sulfone groups is 2. The molecule has 42 heavy (non-hydrogen) atoms. The van der Waals surface area contributed by atoms with Crippen LogP contribution < -0.4 is 4.46 Å². The van der Waals surface area contributed by atoms with Crippen molar-refractivity contribution in [2.75, 3.05) is 5.75 Å². The maximum absolute atomic E-state index is 13.7. The van der Waals surface area contributed by atoms with Crippen molar-refractivity contribution in [1.82, 2.24) is 4.57 Å². The van der Waals surface area contributed by atoms with Gasteiger partial charge in [0.2, 0.25) is 0 Å². The third kappa shape index (κ3) is 7.06. The summed E-state index contributed by atoms with van der Waals surface area (Å²) in [6.07, 6.45) is 2.28. The fourth-order valence-electron chi connectivity index (χ4n) is 5.07. The van der Waals surface area contributed by atoms with Crippen LogP contribution in [0, 0.1) is 13.8 Å². The number of benzene rings is 4. The third-order valence-corrected chi connectivity index (χ3v) is 14.1. The van der Waals surface area contributed by atoms with Crippen molar-refractivity contribution < 1.29 is 16.8 Å². The van der Waals surface area contributed by atoms with E-state index in [4.69, 9.17) is 0 Å². The van der Waals surface area contributed by atoms with Crippen LogP contribution in [0.15, 0.2) is 124 Å². The van der Waals surface area contributed by atoms with Crippen molar-refractivity contribution in [2.24, 2.45) is 0 Å². The van der Waals surface area contributed by atoms with Gasteiger partial charge < -0.3 is 0 Å². The van der Waals surface area contributed by atoms with Crippen LogP contribution in [-0.4, -0.2) is 42.1 Å². The van der Waals surface area contributed by atoms with Gasteiger partial charge in [-0.25, -0.2) is 0 Å². The molecule has 218 valence electrons. The van der Waals surface area contributed by atoms with Crippen molar-refractivity contribution in [3.8, 4) is 0 Å². The number of fused-ring (bicyclic) bond motifs is 1. The third-order valence-electron chi connectivity index (χ3n) is 7.37. The van der Waals surface area contributed by atoms with E-state index in [0.29, 0.717) is 16.5 Å². The average molecular weight is 665 g/mol. The summed E-state index contributed by atoms with van der Waals surface area (Å²) in [6.45, 7) is 4.42. The summed E-state index contributed by atoms with van der Waals surface area (Å²) in [5, 5.41) is 1.18. The molecule has 8 heteroatoms. The van der Waals surface area contributed by atoms with Gasteiger partial charge in [-0.1, -0.05) is 0 Å². The molecule has 0 aliphatic carbocycles. The quantitative estimate of drug-likeness (QED) is 0.112. The monoisotopic (exact) mass is 665 g/mol. The summed E-state index contributed by atoms with van der Waals surface area (Å²) in [4.78, 5) is 0.652. The Kier molecular flexibility index (Phi) is 9.38. The second-order valence-electron chi connectivity index (χ2n) is 10.7. The molecule has 0 amide bonds. The van der Waals surface area contributed by atoms with Crippen molar-refractivity contribution in [1.29, 1.82) is 0 Å². The van der Waals surface area contributed by atoms with Crippen molar-refractivity contribution >= 4 is 50.0 Å². The zero-order chi connectivity index (χ0) is 29.7. The van der Waals surface area contributed by atoms with Gasteiger partial charge in [-0.3, -0.25) is 0 Å². The number of nitrogens with zero attached hydrogens (tertiary/aromatic N) is 1. The first-order valence-corrected chi connectivity index (χ1v) is 19.0. The predicted octanol–water partition coefficient (Wildman–Crippen LogP) is 6.55. The van der Waals surface area contributed by atoms with Crippen LogP contribution >= 0.6 is 0 Å². The van der Waals surface area contributed by atoms with E-state index in [2.05, 4.69) is 12.1 Å². The van der Waals surface area contributed by atoms with Crippen LogP contribution in [0.25, 0.3) is 10.9 Å². The SMILES string of the molecule is Cc1ccc(S(=O)(=O)CC(CCCCn2c(S(=O)(=O)c3ccc(C)cc3)cc3ccccc32)[Se]c2ccccc2)cc1. The second kappa shape index (κ2) is 13.0. The molecule has 0 fully saturated rings. The summed E-state index contributed by atoms with van der Waals surface area (Å²) < 4.78 is 57.2. The van der Waals surface area contributed by atoms with Crippen molar-refractivity contribution in [3.05, 3.63) is 120 Å². The van der Waals surface area contributed by atoms with E-state index in [1.165, 1.54) is 4.46 Å². The molecule has 1 aromatic heterocycles. The van der Waals surface area contributed by atoms with E-state index in [1.807, 2.05) is 85.1 Å². The van der Waals surface area contributed by atoms with Gasteiger partial charge in [0.1, 0.15) is 0 Å². The molecular formula is C34H35NO4S2Se. The number of aromatic nitrogens is 1. The first-order valence-electron chi connectivity index (χ1n) is 14.0. The summed E-state index contributed by atoms with van der Waals surface area (Å²) >= 11 is -0.0148. The van der Waals surface area contributed by atoms with E-state index in [9.17, 15) is 16.8 Å². The van der Waals surface area contributed by atoms with Crippen LogP contribution in [0.4, 0.5) is 0 Å². The Bertz CT molecular complexity index is 1860. The van der Waals surface area contributed by atoms with E-state index >= 15 is 0 Å². The van der Waals surface area contributed by atoms with Gasteiger partial charge >= 0.3 is 250 Å². The van der Waals surface area contributed by atoms with E-state index < -0.39 is 19.7 Å². The predicted molar refractivity (Wildman–Crippen MR) is 171 cm³/mol. The summed E-state index contributed by atoms with van der Waals surface area (Å²) in [6, 6.07) is 33.7. The first-order chi connectivity index (χ1) is 20.1. The molecule has 5 nitrogen and oxygen atoms in total. The number of para-hydroxylation sites is 1. The topological polar surface area (TPSA) is 73.2 Å². The molecule has 0 bridgehead atoms. The molecule has 0 spiro atoms. The zero-order valence-corrected chi connectivity index (χ0v) is 27.2. The average Bonchev–Trinajstić information content (AvgIpc) is 3.35. The molecule has 0 aliphatic heterocycles. The van der Waals surface area contributed by atoms with Gasteiger partial charge in [0.15, 0.2) is 0 Å². The molecule has 5 rings (SSSR count). The Labute approximate surface area is 255 Å². The van der Waals surface area contributed by atoms with Crippen LogP contribution in [-0.2, 0) is 26.2 Å². The Morgan fingerprint density at radius 2 is 1.29 bits per heavy atom. The van der Waals surface area contributed by atoms with Crippen molar-refractivity contribution in [3.63, 3.8) is 0 Å². The molecule has 0 N–H and O–H groups in total. The van der Waals surface area contributed by atoms with Crippen LogP contribution in [0.2, 0.25) is 4.82 Å². The molecule has 4 aromatic carbocycles. The zero-order valence-electron chi connectivity index (χ0n) is 23.8. The minimum absolute atomic E-state index is 0.00312.